The van der Waals surface area contributed by atoms with Gasteiger partial charge in [-0.25, -0.2) is 5.43 Å². The minimum atomic E-state index is -0.192. The highest BCUT2D eigenvalue weighted by Gasteiger charge is 2.49. The quantitative estimate of drug-likeness (QED) is 0.819. The largest absolute Gasteiger partial charge is 0.322 e. The van der Waals surface area contributed by atoms with Crippen molar-refractivity contribution in [3.63, 3.8) is 0 Å². The highest BCUT2D eigenvalue weighted by Crippen LogP contribution is 2.43. The van der Waals surface area contributed by atoms with Crippen molar-refractivity contribution in [2.24, 2.45) is 16.9 Å². The van der Waals surface area contributed by atoms with Crippen molar-refractivity contribution in [3.8, 4) is 0 Å². The summed E-state index contributed by atoms with van der Waals surface area (Å²) in [5, 5.41) is 6.89. The maximum Gasteiger partial charge on any atom is 0.250 e. The first-order valence-corrected chi connectivity index (χ1v) is 6.51. The van der Waals surface area contributed by atoms with Crippen LogP contribution < -0.4 is 10.7 Å². The highest BCUT2D eigenvalue weighted by atomic mass is 16.2. The highest BCUT2D eigenvalue weighted by molar-refractivity contribution is 6.10. The molecule has 0 radical (unpaired) electrons. The van der Waals surface area contributed by atoms with Gasteiger partial charge in [0.2, 0.25) is 5.91 Å². The predicted molar refractivity (Wildman–Crippen MR) is 76.2 cm³/mol. The van der Waals surface area contributed by atoms with Crippen molar-refractivity contribution in [2.45, 2.75) is 13.3 Å². The minimum absolute atomic E-state index is 0.0177. The number of hydrazone groups is 1. The Morgan fingerprint density at radius 3 is 2.70 bits per heavy atom. The molecule has 20 heavy (non-hydrogen) atoms. The van der Waals surface area contributed by atoms with E-state index in [1.54, 1.807) is 6.92 Å². The number of carbonyl (C=O) groups is 2. The van der Waals surface area contributed by atoms with Crippen molar-refractivity contribution in [1.29, 1.82) is 0 Å². The standard InChI is InChI=1S/C15H15N3O2/c1-8(2)14(19)16-10-5-3-9(4-6-10)13-11-7-12(11)15(20)18-17-13/h3-6,11-12H,1,7H2,2H3,(H,16,19)(H,18,20). The molecule has 1 aromatic rings. The number of hydrogen-bond acceptors (Lipinski definition) is 3. The van der Waals surface area contributed by atoms with Crippen LogP contribution in [-0.4, -0.2) is 17.5 Å². The average Bonchev–Trinajstić information content (AvgIpc) is 3.21. The zero-order chi connectivity index (χ0) is 14.3. The third-order valence-electron chi connectivity index (χ3n) is 3.59. The summed E-state index contributed by atoms with van der Waals surface area (Å²) in [6.45, 7) is 5.26. The fraction of sp³-hybridized carbons (Fsp3) is 0.267. The number of nitrogens with zero attached hydrogens (tertiary/aromatic N) is 1. The third-order valence-corrected chi connectivity index (χ3v) is 3.59. The molecular formula is C15H15N3O2. The Hall–Kier alpha value is -2.43. The van der Waals surface area contributed by atoms with Crippen LogP contribution in [0, 0.1) is 11.8 Å². The Labute approximate surface area is 116 Å². The lowest BCUT2D eigenvalue weighted by Crippen LogP contribution is -2.28. The van der Waals surface area contributed by atoms with Gasteiger partial charge in [0.05, 0.1) is 5.71 Å². The molecule has 2 amide bonds. The number of rotatable bonds is 3. The van der Waals surface area contributed by atoms with Gasteiger partial charge in [-0.05, 0) is 31.0 Å². The van der Waals surface area contributed by atoms with Gasteiger partial charge in [-0.15, -0.1) is 0 Å². The van der Waals surface area contributed by atoms with E-state index in [0.29, 0.717) is 5.57 Å². The van der Waals surface area contributed by atoms with Crippen LogP contribution >= 0.6 is 0 Å². The number of anilines is 1. The van der Waals surface area contributed by atoms with E-state index in [1.807, 2.05) is 24.3 Å². The maximum atomic E-state index is 11.5. The van der Waals surface area contributed by atoms with Gasteiger partial charge in [0.1, 0.15) is 0 Å². The number of benzene rings is 1. The van der Waals surface area contributed by atoms with Crippen LogP contribution in [0.2, 0.25) is 0 Å². The van der Waals surface area contributed by atoms with Crippen molar-refractivity contribution in [3.05, 3.63) is 42.0 Å². The van der Waals surface area contributed by atoms with E-state index < -0.39 is 0 Å². The van der Waals surface area contributed by atoms with Crippen LogP contribution in [0.4, 0.5) is 5.69 Å². The lowest BCUT2D eigenvalue weighted by molar-refractivity contribution is -0.122. The molecule has 1 saturated carbocycles. The SMILES string of the molecule is C=C(C)C(=O)Nc1ccc(C2=NNC(=O)C3CC23)cc1. The van der Waals surface area contributed by atoms with Crippen LogP contribution in [0.25, 0.3) is 0 Å². The Bertz CT molecular complexity index is 631. The second kappa shape index (κ2) is 4.59. The van der Waals surface area contributed by atoms with Gasteiger partial charge < -0.3 is 5.32 Å². The zero-order valence-electron chi connectivity index (χ0n) is 11.1. The van der Waals surface area contributed by atoms with E-state index in [4.69, 9.17) is 0 Å². The zero-order valence-corrected chi connectivity index (χ0v) is 11.1. The van der Waals surface area contributed by atoms with E-state index >= 15 is 0 Å². The minimum Gasteiger partial charge on any atom is -0.322 e. The topological polar surface area (TPSA) is 70.6 Å². The molecule has 2 unspecified atom stereocenters. The van der Waals surface area contributed by atoms with Gasteiger partial charge in [0.15, 0.2) is 0 Å². The molecule has 2 aliphatic rings. The van der Waals surface area contributed by atoms with Crippen LogP contribution in [-0.2, 0) is 9.59 Å². The summed E-state index contributed by atoms with van der Waals surface area (Å²) in [5.41, 5.74) is 5.64. The summed E-state index contributed by atoms with van der Waals surface area (Å²) < 4.78 is 0. The number of carbonyl (C=O) groups excluding carboxylic acids is 2. The fourth-order valence-corrected chi connectivity index (χ4v) is 2.31. The summed E-state index contributed by atoms with van der Waals surface area (Å²) in [5.74, 6) is 0.163. The smallest absolute Gasteiger partial charge is 0.250 e. The van der Waals surface area contributed by atoms with Gasteiger partial charge in [-0.1, -0.05) is 18.7 Å². The van der Waals surface area contributed by atoms with Gasteiger partial charge >= 0.3 is 0 Å². The molecule has 1 fully saturated rings. The van der Waals surface area contributed by atoms with Crippen LogP contribution in [0.15, 0.2) is 41.5 Å². The van der Waals surface area contributed by atoms with Gasteiger partial charge in [0.25, 0.3) is 5.91 Å². The molecule has 102 valence electrons. The number of nitrogens with one attached hydrogen (secondary N) is 2. The molecular weight excluding hydrogens is 254 g/mol. The van der Waals surface area contributed by atoms with Crippen molar-refractivity contribution >= 4 is 23.2 Å². The van der Waals surface area contributed by atoms with Gasteiger partial charge in [0, 0.05) is 23.1 Å². The Morgan fingerprint density at radius 2 is 2.05 bits per heavy atom. The first kappa shape index (κ1) is 12.6. The summed E-state index contributed by atoms with van der Waals surface area (Å²) in [4.78, 5) is 22.9. The molecule has 0 aromatic heterocycles. The third kappa shape index (κ3) is 2.22. The predicted octanol–water partition coefficient (Wildman–Crippen LogP) is 1.67. The molecule has 1 heterocycles. The summed E-state index contributed by atoms with van der Waals surface area (Å²) >= 11 is 0. The Balaban J connectivity index is 1.75. The van der Waals surface area contributed by atoms with E-state index in [2.05, 4.69) is 22.4 Å². The van der Waals surface area contributed by atoms with E-state index in [-0.39, 0.29) is 23.7 Å². The molecule has 3 rings (SSSR count). The first-order valence-electron chi connectivity index (χ1n) is 6.51. The molecule has 1 aromatic carbocycles. The molecule has 1 aliphatic carbocycles. The number of fused-ring (bicyclic) bond motifs is 1. The monoisotopic (exact) mass is 269 g/mol. The molecule has 5 heteroatoms. The molecule has 2 atom stereocenters. The second-order valence-electron chi connectivity index (χ2n) is 5.23. The Kier molecular flexibility index (Phi) is 2.89. The summed E-state index contributed by atoms with van der Waals surface area (Å²) in [6.07, 6.45) is 0.874. The molecule has 1 aliphatic heterocycles. The van der Waals surface area contributed by atoms with Gasteiger partial charge in [-0.2, -0.15) is 5.10 Å². The second-order valence-corrected chi connectivity index (χ2v) is 5.23. The van der Waals surface area contributed by atoms with E-state index in [1.165, 1.54) is 0 Å². The fourth-order valence-electron chi connectivity index (χ4n) is 2.31. The van der Waals surface area contributed by atoms with Crippen molar-refractivity contribution < 1.29 is 9.59 Å². The maximum absolute atomic E-state index is 11.5. The molecule has 0 bridgehead atoms. The van der Waals surface area contributed by atoms with Crippen LogP contribution in [0.5, 0.6) is 0 Å². The molecule has 0 saturated heterocycles. The molecule has 0 spiro atoms. The van der Waals surface area contributed by atoms with Crippen LogP contribution in [0.3, 0.4) is 0 Å². The lowest BCUT2D eigenvalue weighted by Gasteiger charge is -2.12. The summed E-state index contributed by atoms with van der Waals surface area (Å²) in [7, 11) is 0. The Morgan fingerprint density at radius 1 is 1.35 bits per heavy atom. The van der Waals surface area contributed by atoms with Crippen LogP contribution in [0.1, 0.15) is 18.9 Å². The van der Waals surface area contributed by atoms with Crippen molar-refractivity contribution in [2.75, 3.05) is 5.32 Å². The molecule has 5 nitrogen and oxygen atoms in total. The lowest BCUT2D eigenvalue weighted by atomic mass is 10.0. The van der Waals surface area contributed by atoms with E-state index in [0.717, 1.165) is 23.4 Å². The average molecular weight is 269 g/mol. The number of amides is 2. The van der Waals surface area contributed by atoms with E-state index in [9.17, 15) is 9.59 Å². The summed E-state index contributed by atoms with van der Waals surface area (Å²) in [6, 6.07) is 7.46. The normalized spacial score (nSPS) is 23.2. The molecule has 2 N–H and O–H groups in total. The van der Waals surface area contributed by atoms with Gasteiger partial charge in [-0.3, -0.25) is 9.59 Å². The van der Waals surface area contributed by atoms with Crippen molar-refractivity contribution in [1.82, 2.24) is 5.43 Å². The first-order chi connectivity index (χ1) is 9.56. The number of hydrogen-bond donors (Lipinski definition) is 2.